The van der Waals surface area contributed by atoms with Crippen LogP contribution in [0.3, 0.4) is 0 Å². The summed E-state index contributed by atoms with van der Waals surface area (Å²) < 4.78 is 37.2. The molecule has 1 aromatic heterocycles. The highest BCUT2D eigenvalue weighted by atomic mass is 32.2. The van der Waals surface area contributed by atoms with Gasteiger partial charge >= 0.3 is 0 Å². The normalized spacial score (nSPS) is 16.4. The highest BCUT2D eigenvalue weighted by molar-refractivity contribution is 7.90. The lowest BCUT2D eigenvalue weighted by Gasteiger charge is -2.29. The molecule has 4 rings (SSSR count). The molecule has 2 aromatic carbocycles. The summed E-state index contributed by atoms with van der Waals surface area (Å²) in [6.45, 7) is 2.98. The average molecular weight is 528 g/mol. The van der Waals surface area contributed by atoms with Gasteiger partial charge in [-0.2, -0.15) is 0 Å². The maximum atomic E-state index is 13.5. The van der Waals surface area contributed by atoms with Gasteiger partial charge in [0.2, 0.25) is 11.7 Å². The molecule has 0 spiro atoms. The van der Waals surface area contributed by atoms with Gasteiger partial charge in [0.25, 0.3) is 5.89 Å². The van der Waals surface area contributed by atoms with Crippen LogP contribution in [0.2, 0.25) is 0 Å². The van der Waals surface area contributed by atoms with Crippen molar-refractivity contribution in [2.24, 2.45) is 0 Å². The fraction of sp³-hybridized carbons (Fsp3) is 0.444. The number of nitrogens with one attached hydrogen (secondary N) is 2. The number of amides is 1. The summed E-state index contributed by atoms with van der Waals surface area (Å²) >= 11 is 0. The molecule has 1 aliphatic rings. The van der Waals surface area contributed by atoms with E-state index in [9.17, 15) is 18.0 Å². The number of para-hydroxylation sites is 2. The lowest BCUT2D eigenvalue weighted by atomic mass is 10.1. The number of nitrogens with zero attached hydrogens (tertiary/aromatic N) is 1. The quantitative estimate of drug-likeness (QED) is 0.344. The maximum absolute atomic E-state index is 13.5. The minimum absolute atomic E-state index is 0.0613. The fourth-order valence-electron chi connectivity index (χ4n) is 4.45. The number of aromatic nitrogens is 1. The largest absolute Gasteiger partial charge is 0.434 e. The molecule has 10 heteroatoms. The minimum atomic E-state index is -3.64. The number of benzene rings is 2. The van der Waals surface area contributed by atoms with E-state index in [1.54, 1.807) is 48.5 Å². The molecule has 0 aliphatic carbocycles. The van der Waals surface area contributed by atoms with Crippen LogP contribution in [0, 0.1) is 0 Å². The van der Waals surface area contributed by atoms with Crippen LogP contribution in [-0.2, 0) is 25.1 Å². The van der Waals surface area contributed by atoms with Gasteiger partial charge < -0.3 is 19.8 Å². The Balaban J connectivity index is 1.51. The first-order chi connectivity index (χ1) is 17.8. The number of hydrogen-bond donors (Lipinski definition) is 2. The standard InChI is InChI=1S/C27H33N3O6S/c1-2-8-22(25(31)27-30-21-11-6-7-12-24(21)36-27)29-26(32)23(28-20-13-15-35-16-14-20)18-37(33,34)17-19-9-4-3-5-10-19/h3-7,9-12,20,22-23,28H,2,8,13-18H2,1H3,(H,29,32)/t22?,23-/m1/s1. The Bertz CT molecular complexity index is 1270. The number of ether oxygens (including phenoxy) is 1. The fourth-order valence-corrected chi connectivity index (χ4v) is 6.02. The lowest BCUT2D eigenvalue weighted by molar-refractivity contribution is -0.123. The highest BCUT2D eigenvalue weighted by Gasteiger charge is 2.33. The second-order valence-corrected chi connectivity index (χ2v) is 11.5. The zero-order chi connectivity index (χ0) is 26.3. The first kappa shape index (κ1) is 27.0. The summed E-state index contributed by atoms with van der Waals surface area (Å²) in [5.74, 6) is -1.62. The summed E-state index contributed by atoms with van der Waals surface area (Å²) in [6, 6.07) is 14.0. The summed E-state index contributed by atoms with van der Waals surface area (Å²) in [5.41, 5.74) is 1.69. The predicted molar refractivity (Wildman–Crippen MR) is 140 cm³/mol. The van der Waals surface area contributed by atoms with E-state index in [1.165, 1.54) is 0 Å². The molecule has 1 amide bonds. The topological polar surface area (TPSA) is 128 Å². The van der Waals surface area contributed by atoms with Gasteiger partial charge in [-0.3, -0.25) is 9.59 Å². The van der Waals surface area contributed by atoms with E-state index < -0.39 is 33.6 Å². The van der Waals surface area contributed by atoms with Crippen molar-refractivity contribution in [3.63, 3.8) is 0 Å². The number of hydrogen-bond acceptors (Lipinski definition) is 8. The molecular weight excluding hydrogens is 494 g/mol. The summed E-state index contributed by atoms with van der Waals surface area (Å²) in [5, 5.41) is 6.01. The van der Waals surface area contributed by atoms with E-state index in [0.29, 0.717) is 55.6 Å². The Kier molecular flexibility index (Phi) is 9.07. The second-order valence-electron chi connectivity index (χ2n) is 9.35. The summed E-state index contributed by atoms with van der Waals surface area (Å²) in [4.78, 5) is 31.0. The molecule has 198 valence electrons. The van der Waals surface area contributed by atoms with Crippen molar-refractivity contribution in [1.82, 2.24) is 15.6 Å². The van der Waals surface area contributed by atoms with Crippen LogP contribution in [-0.4, -0.2) is 62.2 Å². The van der Waals surface area contributed by atoms with Gasteiger partial charge in [-0.25, -0.2) is 13.4 Å². The Morgan fingerprint density at radius 3 is 2.43 bits per heavy atom. The molecule has 1 unspecified atom stereocenters. The number of carbonyl (C=O) groups is 2. The number of sulfone groups is 1. The molecule has 0 radical (unpaired) electrons. The zero-order valence-corrected chi connectivity index (χ0v) is 21.7. The summed E-state index contributed by atoms with van der Waals surface area (Å²) in [6.07, 6.45) is 2.33. The van der Waals surface area contributed by atoms with Crippen LogP contribution >= 0.6 is 0 Å². The monoisotopic (exact) mass is 527 g/mol. The zero-order valence-electron chi connectivity index (χ0n) is 20.9. The summed E-state index contributed by atoms with van der Waals surface area (Å²) in [7, 11) is -3.64. The number of oxazole rings is 1. The number of carbonyl (C=O) groups excluding carboxylic acids is 2. The van der Waals surface area contributed by atoms with Crippen molar-refractivity contribution < 1.29 is 27.2 Å². The Morgan fingerprint density at radius 1 is 1.03 bits per heavy atom. The first-order valence-electron chi connectivity index (χ1n) is 12.6. The van der Waals surface area contributed by atoms with E-state index in [1.807, 2.05) is 13.0 Å². The van der Waals surface area contributed by atoms with E-state index in [0.717, 1.165) is 0 Å². The molecular formula is C27H33N3O6S. The third-order valence-corrected chi connectivity index (χ3v) is 7.95. The van der Waals surface area contributed by atoms with Crippen LogP contribution in [0.5, 0.6) is 0 Å². The molecule has 2 N–H and O–H groups in total. The van der Waals surface area contributed by atoms with Crippen LogP contribution in [0.15, 0.2) is 59.0 Å². The molecule has 1 fully saturated rings. The van der Waals surface area contributed by atoms with Crippen molar-refractivity contribution >= 4 is 32.6 Å². The van der Waals surface area contributed by atoms with E-state index >= 15 is 0 Å². The van der Waals surface area contributed by atoms with Crippen LogP contribution < -0.4 is 10.6 Å². The number of ketones is 1. The van der Waals surface area contributed by atoms with Crippen LogP contribution in [0.25, 0.3) is 11.1 Å². The van der Waals surface area contributed by atoms with Gasteiger partial charge in [-0.1, -0.05) is 55.8 Å². The molecule has 2 heterocycles. The SMILES string of the molecule is CCCC(NC(=O)[C@@H](CS(=O)(=O)Cc1ccccc1)NC1CCOCC1)C(=O)c1nc2ccccc2o1. The number of Topliss-reactive ketones (excluding diaryl/α,β-unsaturated/α-hetero) is 1. The van der Waals surface area contributed by atoms with Gasteiger partial charge in [0.05, 0.1) is 17.5 Å². The highest BCUT2D eigenvalue weighted by Crippen LogP contribution is 2.18. The molecule has 2 atom stereocenters. The number of rotatable bonds is 12. The molecule has 1 saturated heterocycles. The molecule has 1 aliphatic heterocycles. The third-order valence-electron chi connectivity index (χ3n) is 6.34. The van der Waals surface area contributed by atoms with Gasteiger partial charge in [0, 0.05) is 19.3 Å². The molecule has 0 bridgehead atoms. The number of fused-ring (bicyclic) bond motifs is 1. The second kappa shape index (κ2) is 12.4. The minimum Gasteiger partial charge on any atom is -0.434 e. The van der Waals surface area contributed by atoms with Crippen molar-refractivity contribution in [2.75, 3.05) is 19.0 Å². The first-order valence-corrected chi connectivity index (χ1v) is 14.4. The lowest BCUT2D eigenvalue weighted by Crippen LogP contribution is -2.55. The van der Waals surface area contributed by atoms with Gasteiger partial charge in [0.15, 0.2) is 15.4 Å². The van der Waals surface area contributed by atoms with Crippen molar-refractivity contribution in [2.45, 2.75) is 56.5 Å². The van der Waals surface area contributed by atoms with E-state index in [2.05, 4.69) is 15.6 Å². The van der Waals surface area contributed by atoms with Crippen molar-refractivity contribution in [3.8, 4) is 0 Å². The van der Waals surface area contributed by atoms with Gasteiger partial charge in [-0.05, 0) is 37.0 Å². The Morgan fingerprint density at radius 2 is 1.73 bits per heavy atom. The molecule has 0 saturated carbocycles. The Labute approximate surface area is 216 Å². The average Bonchev–Trinajstić information content (AvgIpc) is 3.33. The van der Waals surface area contributed by atoms with Gasteiger partial charge in [-0.15, -0.1) is 0 Å². The third kappa shape index (κ3) is 7.47. The van der Waals surface area contributed by atoms with Crippen LogP contribution in [0.1, 0.15) is 48.9 Å². The van der Waals surface area contributed by atoms with Gasteiger partial charge in [0.1, 0.15) is 11.6 Å². The maximum Gasteiger partial charge on any atom is 0.266 e. The van der Waals surface area contributed by atoms with Crippen LogP contribution in [0.4, 0.5) is 0 Å². The smallest absolute Gasteiger partial charge is 0.266 e. The molecule has 9 nitrogen and oxygen atoms in total. The van der Waals surface area contributed by atoms with E-state index in [4.69, 9.17) is 9.15 Å². The van der Waals surface area contributed by atoms with E-state index in [-0.39, 0.29) is 23.4 Å². The van der Waals surface area contributed by atoms with Crippen molar-refractivity contribution in [1.29, 1.82) is 0 Å². The Hall–Kier alpha value is -3.08. The predicted octanol–water partition coefficient (Wildman–Crippen LogP) is 3.05. The molecule has 37 heavy (non-hydrogen) atoms. The molecule has 3 aromatic rings. The van der Waals surface area contributed by atoms with Crippen molar-refractivity contribution in [3.05, 3.63) is 66.1 Å².